The first kappa shape index (κ1) is 18.8. The summed E-state index contributed by atoms with van der Waals surface area (Å²) in [7, 11) is 1.62. The molecule has 2 rings (SSSR count). The normalized spacial score (nSPS) is 11.5. The smallest absolute Gasteiger partial charge is 0.326 e. The van der Waals surface area contributed by atoms with Crippen LogP contribution in [0.3, 0.4) is 0 Å². The minimum absolute atomic E-state index is 0.00547. The minimum Gasteiger partial charge on any atom is -0.451 e. The molecule has 1 aromatic heterocycles. The Morgan fingerprint density at radius 2 is 2.04 bits per heavy atom. The first-order valence-electron chi connectivity index (χ1n) is 7.30. The third-order valence-electron chi connectivity index (χ3n) is 3.13. The highest BCUT2D eigenvalue weighted by Crippen LogP contribution is 2.19. The number of esters is 1. The maximum absolute atomic E-state index is 13.7. The van der Waals surface area contributed by atoms with Gasteiger partial charge in [-0.05, 0) is 31.2 Å². The second-order valence-corrected chi connectivity index (χ2v) is 6.07. The van der Waals surface area contributed by atoms with Crippen LogP contribution in [0, 0.1) is 5.82 Å². The summed E-state index contributed by atoms with van der Waals surface area (Å²) in [5, 5.41) is 2.38. The van der Waals surface area contributed by atoms with E-state index in [1.54, 1.807) is 31.6 Å². The van der Waals surface area contributed by atoms with Crippen molar-refractivity contribution in [3.8, 4) is 0 Å². The van der Waals surface area contributed by atoms with Gasteiger partial charge in [-0.1, -0.05) is 15.9 Å². The summed E-state index contributed by atoms with van der Waals surface area (Å²) < 4.78 is 19.3. The van der Waals surface area contributed by atoms with Crippen molar-refractivity contribution < 1.29 is 18.7 Å². The Balaban J connectivity index is 1.88. The van der Waals surface area contributed by atoms with Crippen LogP contribution in [0.4, 0.5) is 16.0 Å². The van der Waals surface area contributed by atoms with E-state index >= 15 is 0 Å². The summed E-state index contributed by atoms with van der Waals surface area (Å²) in [4.78, 5) is 33.5. The lowest BCUT2D eigenvalue weighted by Gasteiger charge is -2.18. The first-order valence-corrected chi connectivity index (χ1v) is 8.09. The van der Waals surface area contributed by atoms with Gasteiger partial charge in [-0.3, -0.25) is 9.59 Å². The average Bonchev–Trinajstić information content (AvgIpc) is 2.57. The van der Waals surface area contributed by atoms with E-state index in [0.29, 0.717) is 10.4 Å². The third kappa shape index (κ3) is 5.49. The van der Waals surface area contributed by atoms with Crippen molar-refractivity contribution in [1.29, 1.82) is 0 Å². The van der Waals surface area contributed by atoms with Crippen LogP contribution >= 0.6 is 15.9 Å². The summed E-state index contributed by atoms with van der Waals surface area (Å²) in [5.74, 6) is -1.50. The van der Waals surface area contributed by atoms with Crippen molar-refractivity contribution in [2.24, 2.45) is 0 Å². The zero-order valence-electron chi connectivity index (χ0n) is 13.6. The van der Waals surface area contributed by atoms with Crippen LogP contribution in [0.15, 0.2) is 41.1 Å². The first-order chi connectivity index (χ1) is 11.9. The molecule has 0 bridgehead atoms. The van der Waals surface area contributed by atoms with Crippen molar-refractivity contribution in [2.75, 3.05) is 23.8 Å². The molecule has 1 amide bonds. The molecule has 1 atom stereocenters. The van der Waals surface area contributed by atoms with Gasteiger partial charge in [0.25, 0.3) is 5.91 Å². The highest BCUT2D eigenvalue weighted by molar-refractivity contribution is 9.10. The number of carbonyl (C=O) groups excluding carboxylic acids is 2. The van der Waals surface area contributed by atoms with Gasteiger partial charge in [0, 0.05) is 23.9 Å². The molecule has 0 saturated heterocycles. The molecule has 1 aromatic carbocycles. The van der Waals surface area contributed by atoms with E-state index in [1.807, 2.05) is 0 Å². The SMILES string of the molecule is CC(OC(=O)CN(C)c1ncccn1)C(=O)Nc1ccc(Br)cc1F. The summed E-state index contributed by atoms with van der Waals surface area (Å²) in [6.07, 6.45) is 2.01. The van der Waals surface area contributed by atoms with Crippen LogP contribution in [-0.4, -0.2) is 41.5 Å². The van der Waals surface area contributed by atoms with Gasteiger partial charge in [-0.25, -0.2) is 14.4 Å². The number of rotatable bonds is 6. The van der Waals surface area contributed by atoms with Gasteiger partial charge >= 0.3 is 5.97 Å². The lowest BCUT2D eigenvalue weighted by Crippen LogP contribution is -2.35. The summed E-state index contributed by atoms with van der Waals surface area (Å²) in [6, 6.07) is 5.88. The summed E-state index contributed by atoms with van der Waals surface area (Å²) in [6.45, 7) is 1.28. The van der Waals surface area contributed by atoms with Crippen molar-refractivity contribution in [3.05, 3.63) is 46.9 Å². The van der Waals surface area contributed by atoms with E-state index in [9.17, 15) is 14.0 Å². The van der Waals surface area contributed by atoms with Gasteiger partial charge < -0.3 is 15.0 Å². The average molecular weight is 411 g/mol. The Morgan fingerprint density at radius 1 is 1.36 bits per heavy atom. The molecule has 7 nitrogen and oxygen atoms in total. The highest BCUT2D eigenvalue weighted by atomic mass is 79.9. The number of benzene rings is 1. The molecule has 0 aliphatic heterocycles. The van der Waals surface area contributed by atoms with E-state index in [4.69, 9.17) is 4.74 Å². The van der Waals surface area contributed by atoms with Crippen molar-refractivity contribution >= 4 is 39.4 Å². The number of hydrogen-bond acceptors (Lipinski definition) is 6. The van der Waals surface area contributed by atoms with Crippen molar-refractivity contribution in [1.82, 2.24) is 9.97 Å². The lowest BCUT2D eigenvalue weighted by atomic mass is 10.3. The van der Waals surface area contributed by atoms with Gasteiger partial charge in [-0.2, -0.15) is 0 Å². The maximum Gasteiger partial charge on any atom is 0.326 e. The standard InChI is InChI=1S/C16H16BrFN4O3/c1-10(15(24)21-13-5-4-11(17)8-12(13)18)25-14(23)9-22(2)16-19-6-3-7-20-16/h3-8,10H,9H2,1-2H3,(H,21,24). The van der Waals surface area contributed by atoms with Gasteiger partial charge in [0.05, 0.1) is 5.69 Å². The number of anilines is 2. The zero-order chi connectivity index (χ0) is 18.4. The predicted octanol–water partition coefficient (Wildman–Crippen LogP) is 2.38. The maximum atomic E-state index is 13.7. The van der Waals surface area contributed by atoms with Gasteiger partial charge in [0.15, 0.2) is 6.10 Å². The quantitative estimate of drug-likeness (QED) is 0.735. The van der Waals surface area contributed by atoms with Gasteiger partial charge in [0.2, 0.25) is 5.95 Å². The van der Waals surface area contributed by atoms with Gasteiger partial charge in [-0.15, -0.1) is 0 Å². The third-order valence-corrected chi connectivity index (χ3v) is 3.62. The number of ether oxygens (including phenoxy) is 1. The van der Waals surface area contributed by atoms with Crippen LogP contribution in [0.1, 0.15) is 6.92 Å². The molecule has 25 heavy (non-hydrogen) atoms. The molecule has 0 aliphatic rings. The van der Waals surface area contributed by atoms with E-state index in [-0.39, 0.29) is 12.2 Å². The number of nitrogens with zero attached hydrogens (tertiary/aromatic N) is 3. The number of aromatic nitrogens is 2. The fourth-order valence-corrected chi connectivity index (χ4v) is 2.20. The van der Waals surface area contributed by atoms with E-state index in [2.05, 4.69) is 31.2 Å². The molecule has 0 aliphatic carbocycles. The van der Waals surface area contributed by atoms with E-state index in [0.717, 1.165) is 0 Å². The van der Waals surface area contributed by atoms with Crippen LogP contribution in [0.5, 0.6) is 0 Å². The number of halogens is 2. The Labute approximate surface area is 152 Å². The Morgan fingerprint density at radius 3 is 2.68 bits per heavy atom. The number of likely N-dealkylation sites (N-methyl/N-ethyl adjacent to an activating group) is 1. The number of nitrogens with one attached hydrogen (secondary N) is 1. The minimum atomic E-state index is -1.08. The fourth-order valence-electron chi connectivity index (χ4n) is 1.87. The molecule has 0 saturated carbocycles. The molecular weight excluding hydrogens is 395 g/mol. The zero-order valence-corrected chi connectivity index (χ0v) is 15.2. The topological polar surface area (TPSA) is 84.4 Å². The fraction of sp³-hybridized carbons (Fsp3) is 0.250. The molecule has 1 heterocycles. The molecule has 1 N–H and O–H groups in total. The Bertz CT molecular complexity index is 760. The lowest BCUT2D eigenvalue weighted by molar-refractivity contribution is -0.151. The second-order valence-electron chi connectivity index (χ2n) is 5.15. The Hall–Kier alpha value is -2.55. The molecule has 132 valence electrons. The molecular formula is C16H16BrFN4O3. The summed E-state index contributed by atoms with van der Waals surface area (Å²) in [5.41, 5.74) is 0.00547. The highest BCUT2D eigenvalue weighted by Gasteiger charge is 2.20. The second kappa shape index (κ2) is 8.52. The monoisotopic (exact) mass is 410 g/mol. The van der Waals surface area contributed by atoms with Crippen LogP contribution in [-0.2, 0) is 14.3 Å². The number of hydrogen-bond donors (Lipinski definition) is 1. The number of carbonyl (C=O) groups is 2. The van der Waals surface area contributed by atoms with Crippen LogP contribution in [0.2, 0.25) is 0 Å². The number of amides is 1. The van der Waals surface area contributed by atoms with Crippen molar-refractivity contribution in [2.45, 2.75) is 13.0 Å². The summed E-state index contributed by atoms with van der Waals surface area (Å²) >= 11 is 3.13. The predicted molar refractivity (Wildman–Crippen MR) is 93.6 cm³/mol. The molecule has 2 aromatic rings. The van der Waals surface area contributed by atoms with E-state index < -0.39 is 23.8 Å². The molecule has 0 spiro atoms. The van der Waals surface area contributed by atoms with E-state index in [1.165, 1.54) is 24.0 Å². The molecule has 0 radical (unpaired) electrons. The van der Waals surface area contributed by atoms with Crippen LogP contribution < -0.4 is 10.2 Å². The van der Waals surface area contributed by atoms with Gasteiger partial charge in [0.1, 0.15) is 12.4 Å². The molecule has 9 heteroatoms. The molecule has 1 unspecified atom stereocenters. The Kier molecular flexibility index (Phi) is 6.40. The largest absolute Gasteiger partial charge is 0.451 e. The molecule has 0 fully saturated rings. The van der Waals surface area contributed by atoms with Crippen molar-refractivity contribution in [3.63, 3.8) is 0 Å². The van der Waals surface area contributed by atoms with Crippen LogP contribution in [0.25, 0.3) is 0 Å².